The molecule has 0 spiro atoms. The monoisotopic (exact) mass is 307 g/mol. The van der Waals surface area contributed by atoms with Crippen LogP contribution in [0.5, 0.6) is 0 Å². The number of likely N-dealkylation sites (N-methyl/N-ethyl adjacent to an activating group) is 1. The molecular weight excluding hydrogens is 282 g/mol. The van der Waals surface area contributed by atoms with E-state index in [2.05, 4.69) is 32.7 Å². The minimum absolute atomic E-state index is 0.121. The van der Waals surface area contributed by atoms with Gasteiger partial charge in [0.2, 0.25) is 11.8 Å². The van der Waals surface area contributed by atoms with Gasteiger partial charge in [-0.25, -0.2) is 0 Å². The first-order chi connectivity index (χ1) is 10.7. The summed E-state index contributed by atoms with van der Waals surface area (Å²) in [4.78, 5) is 18.8. The van der Waals surface area contributed by atoms with Crippen LogP contribution in [0.4, 0.5) is 0 Å². The average molecular weight is 307 g/mol. The third kappa shape index (κ3) is 3.64. The Morgan fingerprint density at radius 2 is 2.23 bits per heavy atom. The lowest BCUT2D eigenvalue weighted by Crippen LogP contribution is -2.44. The van der Waals surface area contributed by atoms with Crippen molar-refractivity contribution in [3.63, 3.8) is 0 Å². The number of carbonyl (C=O) groups excluding carboxylic acids is 1. The number of carbonyl (C=O) groups is 1. The fraction of sp³-hybridized carbons (Fsp3) is 0.800. The van der Waals surface area contributed by atoms with E-state index < -0.39 is 0 Å². The van der Waals surface area contributed by atoms with Gasteiger partial charge in [-0.1, -0.05) is 24.4 Å². The second-order valence-electron chi connectivity index (χ2n) is 6.30. The fourth-order valence-corrected chi connectivity index (χ4v) is 3.24. The summed E-state index contributed by atoms with van der Waals surface area (Å²) >= 11 is 0. The Kier molecular flexibility index (Phi) is 5.04. The maximum Gasteiger partial charge on any atom is 0.246 e. The van der Waals surface area contributed by atoms with Crippen LogP contribution in [0.1, 0.15) is 49.9 Å². The van der Waals surface area contributed by atoms with Crippen LogP contribution < -0.4 is 10.6 Å². The Hall–Kier alpha value is -1.47. The number of rotatable bonds is 4. The van der Waals surface area contributed by atoms with Crippen molar-refractivity contribution >= 4 is 5.91 Å². The second kappa shape index (κ2) is 7.19. The number of nitrogens with one attached hydrogen (secondary N) is 2. The molecule has 2 aliphatic rings. The maximum absolute atomic E-state index is 12.1. The number of aromatic nitrogens is 2. The van der Waals surface area contributed by atoms with Crippen LogP contribution >= 0.6 is 0 Å². The highest BCUT2D eigenvalue weighted by atomic mass is 16.5. The van der Waals surface area contributed by atoms with Crippen molar-refractivity contribution in [2.45, 2.75) is 44.7 Å². The molecule has 1 aliphatic carbocycles. The third-order valence-corrected chi connectivity index (χ3v) is 4.68. The average Bonchev–Trinajstić information content (AvgIpc) is 3.02. The molecule has 2 N–H and O–H groups in total. The molecule has 1 aromatic rings. The fourth-order valence-electron chi connectivity index (χ4n) is 3.24. The van der Waals surface area contributed by atoms with Gasteiger partial charge in [0.25, 0.3) is 0 Å². The number of piperazine rings is 1. The normalized spacial score (nSPS) is 24.3. The molecule has 1 atom stereocenters. The van der Waals surface area contributed by atoms with Gasteiger partial charge in [0.15, 0.2) is 5.82 Å². The Labute approximate surface area is 130 Å². The molecule has 7 heteroatoms. The number of nitrogens with zero attached hydrogens (tertiary/aromatic N) is 3. The minimum atomic E-state index is 0.121. The highest BCUT2D eigenvalue weighted by molar-refractivity contribution is 5.78. The Morgan fingerprint density at radius 1 is 1.41 bits per heavy atom. The van der Waals surface area contributed by atoms with Crippen molar-refractivity contribution in [3.05, 3.63) is 11.7 Å². The topological polar surface area (TPSA) is 83.3 Å². The van der Waals surface area contributed by atoms with E-state index in [1.54, 1.807) is 0 Å². The van der Waals surface area contributed by atoms with Crippen molar-refractivity contribution in [3.8, 4) is 0 Å². The smallest absolute Gasteiger partial charge is 0.246 e. The van der Waals surface area contributed by atoms with Crippen molar-refractivity contribution in [2.75, 3.05) is 26.7 Å². The SMILES string of the molecule is CN1CCNCC1c1noc(CNC(=O)C2CCCCC2)n1. The number of hydrogen-bond acceptors (Lipinski definition) is 6. The van der Waals surface area contributed by atoms with Crippen LogP contribution in [-0.2, 0) is 11.3 Å². The zero-order chi connectivity index (χ0) is 15.4. The van der Waals surface area contributed by atoms with Gasteiger partial charge in [0.05, 0.1) is 12.6 Å². The van der Waals surface area contributed by atoms with Crippen LogP contribution in [0, 0.1) is 5.92 Å². The zero-order valence-electron chi connectivity index (χ0n) is 13.2. The van der Waals surface area contributed by atoms with Gasteiger partial charge in [-0.2, -0.15) is 4.98 Å². The minimum Gasteiger partial charge on any atom is -0.347 e. The van der Waals surface area contributed by atoms with Crippen molar-refractivity contribution in [2.24, 2.45) is 5.92 Å². The Balaban J connectivity index is 1.52. The molecule has 1 aromatic heterocycles. The van der Waals surface area contributed by atoms with E-state index in [4.69, 9.17) is 4.52 Å². The van der Waals surface area contributed by atoms with Crippen LogP contribution in [0.25, 0.3) is 0 Å². The summed E-state index contributed by atoms with van der Waals surface area (Å²) < 4.78 is 5.27. The highest BCUT2D eigenvalue weighted by Crippen LogP contribution is 2.23. The summed E-state index contributed by atoms with van der Waals surface area (Å²) in [5.41, 5.74) is 0. The maximum atomic E-state index is 12.1. The summed E-state index contributed by atoms with van der Waals surface area (Å²) in [6.07, 6.45) is 5.56. The molecule has 2 heterocycles. The van der Waals surface area contributed by atoms with Crippen LogP contribution in [0.15, 0.2) is 4.52 Å². The lowest BCUT2D eigenvalue weighted by molar-refractivity contribution is -0.126. The van der Waals surface area contributed by atoms with Gasteiger partial charge in [0, 0.05) is 25.6 Å². The highest BCUT2D eigenvalue weighted by Gasteiger charge is 2.26. The summed E-state index contributed by atoms with van der Waals surface area (Å²) in [5.74, 6) is 1.45. The largest absolute Gasteiger partial charge is 0.347 e. The van der Waals surface area contributed by atoms with E-state index in [9.17, 15) is 4.79 Å². The first kappa shape index (κ1) is 15.4. The van der Waals surface area contributed by atoms with E-state index in [0.29, 0.717) is 18.3 Å². The summed E-state index contributed by atoms with van der Waals surface area (Å²) in [6, 6.07) is 0.139. The third-order valence-electron chi connectivity index (χ3n) is 4.68. The molecule has 0 radical (unpaired) electrons. The second-order valence-corrected chi connectivity index (χ2v) is 6.30. The lowest BCUT2D eigenvalue weighted by atomic mass is 9.89. The molecule has 2 fully saturated rings. The predicted octanol–water partition coefficient (Wildman–Crippen LogP) is 0.842. The summed E-state index contributed by atoms with van der Waals surface area (Å²) in [5, 5.41) is 10.3. The van der Waals surface area contributed by atoms with Gasteiger partial charge in [0.1, 0.15) is 0 Å². The first-order valence-corrected chi connectivity index (χ1v) is 8.25. The predicted molar refractivity (Wildman–Crippen MR) is 81.0 cm³/mol. The van der Waals surface area contributed by atoms with Crippen molar-refractivity contribution < 1.29 is 9.32 Å². The molecule has 1 saturated carbocycles. The summed E-state index contributed by atoms with van der Waals surface area (Å²) in [7, 11) is 2.06. The van der Waals surface area contributed by atoms with E-state index in [1.165, 1.54) is 6.42 Å². The Bertz CT molecular complexity index is 498. The quantitative estimate of drug-likeness (QED) is 0.858. The van der Waals surface area contributed by atoms with Gasteiger partial charge >= 0.3 is 0 Å². The molecule has 3 rings (SSSR count). The molecule has 1 aliphatic heterocycles. The van der Waals surface area contributed by atoms with Crippen molar-refractivity contribution in [1.29, 1.82) is 0 Å². The first-order valence-electron chi connectivity index (χ1n) is 8.25. The van der Waals surface area contributed by atoms with Gasteiger partial charge in [-0.3, -0.25) is 9.69 Å². The number of amides is 1. The molecule has 1 unspecified atom stereocenters. The standard InChI is InChI=1S/C15H25N5O2/c1-20-8-7-16-9-12(20)14-18-13(22-19-14)10-17-15(21)11-5-3-2-4-6-11/h11-12,16H,2-10H2,1H3,(H,17,21). The van der Waals surface area contributed by atoms with Crippen LogP contribution in [-0.4, -0.2) is 47.6 Å². The molecule has 7 nitrogen and oxygen atoms in total. The van der Waals surface area contributed by atoms with E-state index >= 15 is 0 Å². The van der Waals surface area contributed by atoms with Gasteiger partial charge in [-0.15, -0.1) is 0 Å². The van der Waals surface area contributed by atoms with Gasteiger partial charge < -0.3 is 15.2 Å². The molecule has 22 heavy (non-hydrogen) atoms. The Morgan fingerprint density at radius 3 is 3.00 bits per heavy atom. The van der Waals surface area contributed by atoms with Gasteiger partial charge in [-0.05, 0) is 19.9 Å². The molecule has 0 aromatic carbocycles. The zero-order valence-corrected chi connectivity index (χ0v) is 13.2. The summed E-state index contributed by atoms with van der Waals surface area (Å²) in [6.45, 7) is 3.10. The lowest BCUT2D eigenvalue weighted by Gasteiger charge is -2.30. The van der Waals surface area contributed by atoms with E-state index in [0.717, 1.165) is 45.3 Å². The van der Waals surface area contributed by atoms with Crippen molar-refractivity contribution in [1.82, 2.24) is 25.7 Å². The van der Waals surface area contributed by atoms with Crippen LogP contribution in [0.2, 0.25) is 0 Å². The van der Waals surface area contributed by atoms with Crippen LogP contribution in [0.3, 0.4) is 0 Å². The number of hydrogen-bond donors (Lipinski definition) is 2. The van der Waals surface area contributed by atoms with E-state index in [1.807, 2.05) is 0 Å². The molecule has 122 valence electrons. The molecule has 1 amide bonds. The van der Waals surface area contributed by atoms with E-state index in [-0.39, 0.29) is 17.9 Å². The molecule has 0 bridgehead atoms. The molecular formula is C15H25N5O2. The molecule has 1 saturated heterocycles.